The van der Waals surface area contributed by atoms with E-state index in [0.717, 1.165) is 23.3 Å². The topological polar surface area (TPSA) is 23.8 Å². The molecule has 0 N–H and O–H groups in total. The highest BCUT2D eigenvalue weighted by Gasteiger charge is 2.44. The van der Waals surface area contributed by atoms with E-state index in [1.54, 1.807) is 0 Å². The van der Waals surface area contributed by atoms with E-state index in [-0.39, 0.29) is 0 Å². The molecule has 0 unspecified atom stereocenters. The average molecular weight is 159 g/mol. The molecule has 0 amide bonds. The lowest BCUT2D eigenvalue weighted by atomic mass is 9.73. The van der Waals surface area contributed by atoms with Crippen LogP contribution in [0, 0.1) is 35.0 Å². The Bertz CT molecular complexity index is 282. The van der Waals surface area contributed by atoms with Crippen molar-refractivity contribution in [1.82, 2.24) is 0 Å². The largest absolute Gasteiger partial charge is 0.193 e. The van der Waals surface area contributed by atoms with Crippen molar-refractivity contribution in [3.8, 4) is 6.07 Å². The van der Waals surface area contributed by atoms with Crippen LogP contribution in [-0.2, 0) is 0 Å². The van der Waals surface area contributed by atoms with Crippen LogP contribution in [-0.4, -0.2) is 0 Å². The van der Waals surface area contributed by atoms with Gasteiger partial charge in [-0.3, -0.25) is 0 Å². The lowest BCUT2D eigenvalue weighted by Gasteiger charge is -2.31. The van der Waals surface area contributed by atoms with E-state index in [4.69, 9.17) is 5.26 Å². The van der Waals surface area contributed by atoms with Gasteiger partial charge in [-0.25, -0.2) is 0 Å². The van der Waals surface area contributed by atoms with Crippen LogP contribution < -0.4 is 0 Å². The maximum atomic E-state index is 8.96. The maximum Gasteiger partial charge on any atom is 0.0946 e. The Morgan fingerprint density at radius 2 is 2.17 bits per heavy atom. The van der Waals surface area contributed by atoms with Gasteiger partial charge < -0.3 is 0 Å². The first-order valence-electron chi connectivity index (χ1n) is 4.98. The molecule has 3 rings (SSSR count). The molecule has 0 aromatic rings. The predicted octanol–water partition coefficient (Wildman–Crippen LogP) is 2.50. The Hall–Kier alpha value is -0.770. The fraction of sp³-hybridized carbons (Fsp3) is 0.727. The molecule has 0 spiro atoms. The van der Waals surface area contributed by atoms with Crippen LogP contribution in [0.1, 0.15) is 25.7 Å². The van der Waals surface area contributed by atoms with Crippen LogP contribution in [0.4, 0.5) is 0 Å². The molecule has 0 heterocycles. The van der Waals surface area contributed by atoms with E-state index in [9.17, 15) is 0 Å². The summed E-state index contributed by atoms with van der Waals surface area (Å²) in [6, 6.07) is 2.39. The molecule has 2 fully saturated rings. The third-order valence-electron chi connectivity index (χ3n) is 3.98. The van der Waals surface area contributed by atoms with Crippen molar-refractivity contribution in [2.45, 2.75) is 25.7 Å². The van der Waals surface area contributed by atoms with Crippen molar-refractivity contribution in [3.63, 3.8) is 0 Å². The summed E-state index contributed by atoms with van der Waals surface area (Å²) in [4.78, 5) is 0. The van der Waals surface area contributed by atoms with E-state index in [0.29, 0.717) is 5.92 Å². The first-order valence-corrected chi connectivity index (χ1v) is 4.98. The van der Waals surface area contributed by atoms with Crippen molar-refractivity contribution in [2.24, 2.45) is 23.7 Å². The number of allylic oxidation sites excluding steroid dienone is 2. The van der Waals surface area contributed by atoms with E-state index in [1.165, 1.54) is 25.7 Å². The van der Waals surface area contributed by atoms with Crippen molar-refractivity contribution in [1.29, 1.82) is 5.26 Å². The van der Waals surface area contributed by atoms with Crippen LogP contribution in [0.2, 0.25) is 0 Å². The molecule has 4 atom stereocenters. The minimum atomic E-state index is 0.666. The summed E-state index contributed by atoms with van der Waals surface area (Å²) in [5, 5.41) is 8.96. The standard InChI is InChI=1S/C11H13N/c12-6-10-4-7-1-8-3-9(2-7)11(10)5-8/h4,7-9,11H,1-3,5H2/t7-,8+,9-,11+/m0/s1. The Kier molecular flexibility index (Phi) is 1.19. The molecule has 3 aliphatic rings. The van der Waals surface area contributed by atoms with Gasteiger partial charge in [0.05, 0.1) is 6.07 Å². The van der Waals surface area contributed by atoms with Gasteiger partial charge in [0.25, 0.3) is 0 Å². The lowest BCUT2D eigenvalue weighted by molar-refractivity contribution is 0.274. The molecule has 0 aromatic heterocycles. The van der Waals surface area contributed by atoms with Gasteiger partial charge in [0, 0.05) is 5.57 Å². The number of fused-ring (bicyclic) bond motifs is 2. The van der Waals surface area contributed by atoms with Gasteiger partial charge in [0.1, 0.15) is 0 Å². The van der Waals surface area contributed by atoms with Crippen LogP contribution in [0.25, 0.3) is 0 Å². The van der Waals surface area contributed by atoms with Crippen LogP contribution in [0.15, 0.2) is 11.6 Å². The molecule has 1 nitrogen and oxygen atoms in total. The maximum absolute atomic E-state index is 8.96. The number of nitriles is 1. The minimum absolute atomic E-state index is 0.666. The van der Waals surface area contributed by atoms with Gasteiger partial charge in [0.15, 0.2) is 0 Å². The van der Waals surface area contributed by atoms with Gasteiger partial charge in [0.2, 0.25) is 0 Å². The van der Waals surface area contributed by atoms with Crippen molar-refractivity contribution < 1.29 is 0 Å². The third kappa shape index (κ3) is 0.732. The van der Waals surface area contributed by atoms with Crippen molar-refractivity contribution in [3.05, 3.63) is 11.6 Å². The van der Waals surface area contributed by atoms with E-state index >= 15 is 0 Å². The average Bonchev–Trinajstić information content (AvgIpc) is 2.29. The highest BCUT2D eigenvalue weighted by molar-refractivity contribution is 5.31. The highest BCUT2D eigenvalue weighted by Crippen LogP contribution is 2.54. The number of hydrogen-bond donors (Lipinski definition) is 0. The van der Waals surface area contributed by atoms with E-state index in [2.05, 4.69) is 12.1 Å². The zero-order valence-electron chi connectivity index (χ0n) is 7.16. The Morgan fingerprint density at radius 1 is 1.25 bits per heavy atom. The van der Waals surface area contributed by atoms with Gasteiger partial charge in [-0.05, 0) is 49.4 Å². The van der Waals surface area contributed by atoms with Gasteiger partial charge >= 0.3 is 0 Å². The van der Waals surface area contributed by atoms with Gasteiger partial charge in [-0.2, -0.15) is 5.26 Å². The molecule has 62 valence electrons. The Balaban J connectivity index is 2.05. The molecule has 0 aliphatic heterocycles. The second-order valence-corrected chi connectivity index (χ2v) is 4.67. The van der Waals surface area contributed by atoms with E-state index < -0.39 is 0 Å². The summed E-state index contributed by atoms with van der Waals surface area (Å²) >= 11 is 0. The summed E-state index contributed by atoms with van der Waals surface area (Å²) in [6.07, 6.45) is 7.76. The second kappa shape index (κ2) is 2.13. The van der Waals surface area contributed by atoms with Gasteiger partial charge in [-0.1, -0.05) is 6.08 Å². The molecule has 3 bridgehead atoms. The molecule has 0 aromatic carbocycles. The lowest BCUT2D eigenvalue weighted by Crippen LogP contribution is -2.21. The normalized spacial score (nSPS) is 48.8. The molecule has 1 heteroatoms. The quantitative estimate of drug-likeness (QED) is 0.532. The number of hydrogen-bond acceptors (Lipinski definition) is 1. The summed E-state index contributed by atoms with van der Waals surface area (Å²) in [5.41, 5.74) is 1.12. The SMILES string of the molecule is N#CC1=C[C@H]2C[C@@H]3C[C@H](C2)[C@H]1C3. The highest BCUT2D eigenvalue weighted by atomic mass is 14.5. The van der Waals surface area contributed by atoms with Crippen LogP contribution >= 0.6 is 0 Å². The molecule has 0 saturated heterocycles. The number of rotatable bonds is 0. The zero-order chi connectivity index (χ0) is 8.13. The van der Waals surface area contributed by atoms with Crippen LogP contribution in [0.3, 0.4) is 0 Å². The Morgan fingerprint density at radius 3 is 3.00 bits per heavy atom. The van der Waals surface area contributed by atoms with Crippen molar-refractivity contribution in [2.75, 3.05) is 0 Å². The molecule has 0 radical (unpaired) electrons. The van der Waals surface area contributed by atoms with E-state index in [1.807, 2.05) is 0 Å². The van der Waals surface area contributed by atoms with Crippen molar-refractivity contribution >= 4 is 0 Å². The predicted molar refractivity (Wildman–Crippen MR) is 46.1 cm³/mol. The van der Waals surface area contributed by atoms with Gasteiger partial charge in [-0.15, -0.1) is 0 Å². The minimum Gasteiger partial charge on any atom is -0.193 e. The fourth-order valence-electron chi connectivity index (χ4n) is 3.62. The monoisotopic (exact) mass is 159 g/mol. The smallest absolute Gasteiger partial charge is 0.0946 e. The second-order valence-electron chi connectivity index (χ2n) is 4.67. The first-order chi connectivity index (χ1) is 5.86. The first kappa shape index (κ1) is 6.71. The Labute approximate surface area is 73.1 Å². The third-order valence-corrected chi connectivity index (χ3v) is 3.98. The number of nitrogens with zero attached hydrogens (tertiary/aromatic N) is 1. The molecule has 2 saturated carbocycles. The molecular formula is C11H13N. The fourth-order valence-corrected chi connectivity index (χ4v) is 3.62. The molecule has 3 aliphatic carbocycles. The molecular weight excluding hydrogens is 146 g/mol. The summed E-state index contributed by atoms with van der Waals surface area (Å²) in [7, 11) is 0. The summed E-state index contributed by atoms with van der Waals surface area (Å²) in [5.74, 6) is 3.27. The zero-order valence-corrected chi connectivity index (χ0v) is 7.16. The molecule has 12 heavy (non-hydrogen) atoms. The summed E-state index contributed by atoms with van der Waals surface area (Å²) < 4.78 is 0. The summed E-state index contributed by atoms with van der Waals surface area (Å²) in [6.45, 7) is 0. The van der Waals surface area contributed by atoms with Crippen LogP contribution in [0.5, 0.6) is 0 Å².